The molecule has 4 nitrogen and oxygen atoms in total. The number of carbonyl (C=O) groups excluding carboxylic acids is 1. The molecule has 0 fully saturated rings. The van der Waals surface area contributed by atoms with Crippen LogP contribution in [-0.4, -0.2) is 30.6 Å². The van der Waals surface area contributed by atoms with E-state index in [-0.39, 0.29) is 24.9 Å². The molecule has 2 N–H and O–H groups in total. The average Bonchev–Trinajstić information content (AvgIpc) is 2.40. The maximum Gasteiger partial charge on any atom is 0.320 e. The van der Waals surface area contributed by atoms with Crippen molar-refractivity contribution in [2.24, 2.45) is 5.73 Å². The smallest absolute Gasteiger partial charge is 0.320 e. The van der Waals surface area contributed by atoms with Crippen LogP contribution in [0, 0.1) is 5.82 Å². The van der Waals surface area contributed by atoms with E-state index < -0.39 is 0 Å². The summed E-state index contributed by atoms with van der Waals surface area (Å²) in [5.41, 5.74) is 6.52. The second-order valence-corrected chi connectivity index (χ2v) is 4.20. The number of ether oxygens (including phenoxy) is 1. The fraction of sp³-hybridized carbons (Fsp3) is 0.500. The van der Waals surface area contributed by atoms with Crippen molar-refractivity contribution in [2.75, 3.05) is 19.7 Å². The number of likely N-dealkylation sites (N-methyl/N-ethyl adjacent to an activating group) is 1. The molecule has 0 atom stereocenters. The summed E-state index contributed by atoms with van der Waals surface area (Å²) >= 11 is 0. The van der Waals surface area contributed by atoms with Crippen molar-refractivity contribution in [1.29, 1.82) is 0 Å². The molecule has 0 spiro atoms. The molecule has 1 aromatic carbocycles. The summed E-state index contributed by atoms with van der Waals surface area (Å²) in [6, 6.07) is 5.15. The zero-order chi connectivity index (χ0) is 14.3. The van der Waals surface area contributed by atoms with Gasteiger partial charge < -0.3 is 10.5 Å². The van der Waals surface area contributed by atoms with E-state index in [1.54, 1.807) is 25.1 Å². The lowest BCUT2D eigenvalue weighted by Crippen LogP contribution is -2.31. The predicted molar refractivity (Wildman–Crippen MR) is 71.9 cm³/mol. The number of carbonyl (C=O) groups is 1. The van der Waals surface area contributed by atoms with Crippen LogP contribution in [0.5, 0.6) is 0 Å². The van der Waals surface area contributed by atoms with Crippen molar-refractivity contribution < 1.29 is 13.9 Å². The van der Waals surface area contributed by atoms with Crippen molar-refractivity contribution in [2.45, 2.75) is 26.9 Å². The average molecular weight is 268 g/mol. The Bertz CT molecular complexity index is 424. The summed E-state index contributed by atoms with van der Waals surface area (Å²) in [6.07, 6.45) is 0. The molecule has 0 aliphatic heterocycles. The van der Waals surface area contributed by atoms with E-state index >= 15 is 0 Å². The van der Waals surface area contributed by atoms with Crippen LogP contribution in [-0.2, 0) is 22.6 Å². The molecular formula is C14H21FN2O2. The summed E-state index contributed by atoms with van der Waals surface area (Å²) in [7, 11) is 0. The normalized spacial score (nSPS) is 10.8. The maximum absolute atomic E-state index is 14.0. The standard InChI is InChI=1S/C14H21FN2O2/c1-3-17(10-13(18)19-4-2)9-12-7-5-6-11(8-16)14(12)15/h5-7H,3-4,8-10,16H2,1-2H3. The molecular weight excluding hydrogens is 247 g/mol. The van der Waals surface area contributed by atoms with Crippen LogP contribution >= 0.6 is 0 Å². The van der Waals surface area contributed by atoms with Crippen LogP contribution in [0.1, 0.15) is 25.0 Å². The van der Waals surface area contributed by atoms with E-state index in [1.165, 1.54) is 0 Å². The number of nitrogens with zero attached hydrogens (tertiary/aromatic N) is 1. The third-order valence-corrected chi connectivity index (χ3v) is 2.88. The van der Waals surface area contributed by atoms with Crippen molar-refractivity contribution in [1.82, 2.24) is 4.90 Å². The molecule has 0 saturated heterocycles. The zero-order valence-electron chi connectivity index (χ0n) is 11.5. The summed E-state index contributed by atoms with van der Waals surface area (Å²) < 4.78 is 18.9. The van der Waals surface area contributed by atoms with Crippen LogP contribution in [0.4, 0.5) is 4.39 Å². The van der Waals surface area contributed by atoms with Crippen molar-refractivity contribution in [3.05, 3.63) is 35.1 Å². The van der Waals surface area contributed by atoms with Gasteiger partial charge in [-0.1, -0.05) is 25.1 Å². The van der Waals surface area contributed by atoms with Gasteiger partial charge in [-0.05, 0) is 13.5 Å². The topological polar surface area (TPSA) is 55.6 Å². The van der Waals surface area contributed by atoms with Gasteiger partial charge in [-0.15, -0.1) is 0 Å². The van der Waals surface area contributed by atoms with Crippen LogP contribution in [0.25, 0.3) is 0 Å². The van der Waals surface area contributed by atoms with E-state index in [4.69, 9.17) is 10.5 Å². The van der Waals surface area contributed by atoms with Gasteiger partial charge in [0.15, 0.2) is 0 Å². The highest BCUT2D eigenvalue weighted by atomic mass is 19.1. The van der Waals surface area contributed by atoms with Gasteiger partial charge in [0.2, 0.25) is 0 Å². The molecule has 0 aliphatic carbocycles. The largest absolute Gasteiger partial charge is 0.465 e. The Morgan fingerprint density at radius 1 is 1.37 bits per heavy atom. The van der Waals surface area contributed by atoms with E-state index in [0.29, 0.717) is 30.8 Å². The number of nitrogens with two attached hydrogens (primary N) is 1. The monoisotopic (exact) mass is 268 g/mol. The van der Waals surface area contributed by atoms with E-state index in [1.807, 2.05) is 11.8 Å². The summed E-state index contributed by atoms with van der Waals surface area (Å²) in [5.74, 6) is -0.577. The maximum atomic E-state index is 14.0. The molecule has 0 aromatic heterocycles. The van der Waals surface area contributed by atoms with Gasteiger partial charge in [-0.3, -0.25) is 9.69 Å². The molecule has 0 aliphatic rings. The lowest BCUT2D eigenvalue weighted by atomic mass is 10.1. The second kappa shape index (κ2) is 7.86. The van der Waals surface area contributed by atoms with Gasteiger partial charge in [-0.25, -0.2) is 4.39 Å². The molecule has 0 heterocycles. The Morgan fingerprint density at radius 2 is 2.05 bits per heavy atom. The molecule has 1 rings (SSSR count). The van der Waals surface area contributed by atoms with Crippen molar-refractivity contribution in [3.8, 4) is 0 Å². The summed E-state index contributed by atoms with van der Waals surface area (Å²) in [5, 5.41) is 0. The number of halogens is 1. The van der Waals surface area contributed by atoms with Gasteiger partial charge in [0.1, 0.15) is 5.82 Å². The fourth-order valence-electron chi connectivity index (χ4n) is 1.82. The first kappa shape index (κ1) is 15.6. The second-order valence-electron chi connectivity index (χ2n) is 4.20. The highest BCUT2D eigenvalue weighted by Gasteiger charge is 2.13. The molecule has 0 bridgehead atoms. The molecule has 0 amide bonds. The number of hydrogen-bond acceptors (Lipinski definition) is 4. The first-order chi connectivity index (χ1) is 9.12. The molecule has 0 unspecified atom stereocenters. The van der Waals surface area contributed by atoms with Gasteiger partial charge in [0.25, 0.3) is 0 Å². The number of esters is 1. The van der Waals surface area contributed by atoms with Gasteiger partial charge >= 0.3 is 5.97 Å². The Labute approximate surface area is 113 Å². The molecule has 19 heavy (non-hydrogen) atoms. The van der Waals surface area contributed by atoms with Crippen molar-refractivity contribution >= 4 is 5.97 Å². The Morgan fingerprint density at radius 3 is 2.63 bits per heavy atom. The van der Waals surface area contributed by atoms with Crippen molar-refractivity contribution in [3.63, 3.8) is 0 Å². The first-order valence-corrected chi connectivity index (χ1v) is 6.46. The van der Waals surface area contributed by atoms with Gasteiger partial charge in [0, 0.05) is 24.2 Å². The first-order valence-electron chi connectivity index (χ1n) is 6.46. The summed E-state index contributed by atoms with van der Waals surface area (Å²) in [6.45, 7) is 5.39. The SMILES string of the molecule is CCOC(=O)CN(CC)Cc1cccc(CN)c1F. The van der Waals surface area contributed by atoms with Crippen LogP contribution in [0.15, 0.2) is 18.2 Å². The van der Waals surface area contributed by atoms with E-state index in [2.05, 4.69) is 0 Å². The molecule has 1 aromatic rings. The zero-order valence-corrected chi connectivity index (χ0v) is 11.5. The Balaban J connectivity index is 2.73. The van der Waals surface area contributed by atoms with Crippen LogP contribution in [0.2, 0.25) is 0 Å². The minimum atomic E-state index is -0.292. The molecule has 0 saturated carbocycles. The molecule has 0 radical (unpaired) electrons. The third-order valence-electron chi connectivity index (χ3n) is 2.88. The minimum absolute atomic E-state index is 0.163. The highest BCUT2D eigenvalue weighted by molar-refractivity contribution is 5.71. The predicted octanol–water partition coefficient (Wildman–Crippen LogP) is 1.67. The lowest BCUT2D eigenvalue weighted by Gasteiger charge is -2.20. The fourth-order valence-corrected chi connectivity index (χ4v) is 1.82. The molecule has 106 valence electrons. The number of benzene rings is 1. The Kier molecular flexibility index (Phi) is 6.45. The van der Waals surface area contributed by atoms with Gasteiger partial charge in [-0.2, -0.15) is 0 Å². The van der Waals surface area contributed by atoms with Gasteiger partial charge in [0.05, 0.1) is 13.2 Å². The lowest BCUT2D eigenvalue weighted by molar-refractivity contribution is -0.144. The Hall–Kier alpha value is -1.46. The van der Waals surface area contributed by atoms with E-state index in [0.717, 1.165) is 0 Å². The van der Waals surface area contributed by atoms with Crippen LogP contribution < -0.4 is 5.73 Å². The van der Waals surface area contributed by atoms with Crippen LogP contribution in [0.3, 0.4) is 0 Å². The quantitative estimate of drug-likeness (QED) is 0.764. The summed E-state index contributed by atoms with van der Waals surface area (Å²) in [4.78, 5) is 13.3. The highest BCUT2D eigenvalue weighted by Crippen LogP contribution is 2.14. The minimum Gasteiger partial charge on any atom is -0.465 e. The van der Waals surface area contributed by atoms with E-state index in [9.17, 15) is 9.18 Å². The molecule has 5 heteroatoms. The third kappa shape index (κ3) is 4.61. The number of hydrogen-bond donors (Lipinski definition) is 1. The number of rotatable bonds is 7.